The molecule has 0 bridgehead atoms. The molecule has 0 spiro atoms. The van der Waals surface area contributed by atoms with E-state index in [9.17, 15) is 0 Å². The highest BCUT2D eigenvalue weighted by Crippen LogP contribution is 2.45. The Balaban J connectivity index is 1.54. The van der Waals surface area contributed by atoms with Crippen LogP contribution >= 0.6 is 0 Å². The van der Waals surface area contributed by atoms with Gasteiger partial charge in [-0.1, -0.05) is 115 Å². The van der Waals surface area contributed by atoms with Crippen LogP contribution in [0.3, 0.4) is 0 Å². The number of imidazole rings is 1. The molecule has 0 fully saturated rings. The van der Waals surface area contributed by atoms with Gasteiger partial charge in [0.25, 0.3) is 0 Å². The Morgan fingerprint density at radius 1 is 0.439 bits per heavy atom. The summed E-state index contributed by atoms with van der Waals surface area (Å²) in [6.45, 7) is 0. The average molecular weight is 524 g/mol. The van der Waals surface area contributed by atoms with Crippen LogP contribution in [0, 0.1) is 0 Å². The quantitative estimate of drug-likeness (QED) is 0.215. The largest absolute Gasteiger partial charge is 0.291 e. The summed E-state index contributed by atoms with van der Waals surface area (Å²) in [5.74, 6) is 0.937. The second-order valence-electron chi connectivity index (χ2n) is 10.2. The van der Waals surface area contributed by atoms with Gasteiger partial charge < -0.3 is 0 Å². The Morgan fingerprint density at radius 2 is 1.00 bits per heavy atom. The number of pyridine rings is 1. The zero-order valence-corrected chi connectivity index (χ0v) is 22.3. The first kappa shape index (κ1) is 23.4. The Hall–Kier alpha value is -5.54. The van der Waals surface area contributed by atoms with Crippen LogP contribution in [0.25, 0.3) is 71.9 Å². The van der Waals surface area contributed by atoms with Crippen LogP contribution in [0.5, 0.6) is 0 Å². The molecule has 8 aromatic rings. The Bertz CT molecular complexity index is 2140. The summed E-state index contributed by atoms with van der Waals surface area (Å²) in [7, 11) is 0. The standard InChI is InChI=1S/C38H25N3/c1-2-12-27(13-3-1)38-40-34-20-10-11-21-35(34)41(38)37-32-18-8-6-16-30(32)36(31-17-7-9-19-33(31)37)29-15-5-4-14-28(29)26-22-24-39-25-23-26/h1-25H. The van der Waals surface area contributed by atoms with Crippen LogP contribution in [0.1, 0.15) is 0 Å². The van der Waals surface area contributed by atoms with Gasteiger partial charge in [0, 0.05) is 28.7 Å². The molecular formula is C38H25N3. The lowest BCUT2D eigenvalue weighted by Gasteiger charge is -2.21. The summed E-state index contributed by atoms with van der Waals surface area (Å²) in [4.78, 5) is 9.43. The number of fused-ring (bicyclic) bond motifs is 3. The highest BCUT2D eigenvalue weighted by atomic mass is 15.1. The zero-order valence-electron chi connectivity index (χ0n) is 22.3. The number of aromatic nitrogens is 3. The molecule has 41 heavy (non-hydrogen) atoms. The van der Waals surface area contributed by atoms with E-state index in [1.54, 1.807) is 0 Å². The van der Waals surface area contributed by atoms with E-state index in [4.69, 9.17) is 4.98 Å². The topological polar surface area (TPSA) is 30.7 Å². The predicted molar refractivity (Wildman–Crippen MR) is 170 cm³/mol. The third-order valence-electron chi connectivity index (χ3n) is 7.91. The van der Waals surface area contributed by atoms with Gasteiger partial charge in [0.05, 0.1) is 16.7 Å². The van der Waals surface area contributed by atoms with Gasteiger partial charge in [0.15, 0.2) is 0 Å². The van der Waals surface area contributed by atoms with Gasteiger partial charge in [-0.3, -0.25) is 9.55 Å². The molecule has 0 saturated heterocycles. The van der Waals surface area contributed by atoms with E-state index in [2.05, 4.69) is 149 Å². The summed E-state index contributed by atoms with van der Waals surface area (Å²) in [6, 6.07) is 49.4. The summed E-state index contributed by atoms with van der Waals surface area (Å²) >= 11 is 0. The SMILES string of the molecule is c1ccc(-c2nc3ccccc3n2-c2c3ccccc3c(-c3ccccc3-c3ccncc3)c3ccccc23)cc1. The summed E-state index contributed by atoms with van der Waals surface area (Å²) < 4.78 is 2.36. The number of nitrogens with zero attached hydrogens (tertiary/aromatic N) is 3. The fourth-order valence-electron chi connectivity index (χ4n) is 6.15. The molecule has 0 saturated carbocycles. The van der Waals surface area contributed by atoms with E-state index < -0.39 is 0 Å². The molecule has 3 heteroatoms. The van der Waals surface area contributed by atoms with Crippen molar-refractivity contribution in [2.24, 2.45) is 0 Å². The molecule has 2 aromatic heterocycles. The van der Waals surface area contributed by atoms with Crippen molar-refractivity contribution in [1.82, 2.24) is 14.5 Å². The molecule has 2 heterocycles. The van der Waals surface area contributed by atoms with Crippen LogP contribution in [-0.4, -0.2) is 14.5 Å². The van der Waals surface area contributed by atoms with Crippen LogP contribution < -0.4 is 0 Å². The Labute approximate surface area is 238 Å². The summed E-state index contributed by atoms with van der Waals surface area (Å²) in [5.41, 5.74) is 9.08. The maximum absolute atomic E-state index is 5.16. The maximum atomic E-state index is 5.16. The van der Waals surface area contributed by atoms with Crippen molar-refractivity contribution in [3.8, 4) is 39.3 Å². The summed E-state index contributed by atoms with van der Waals surface area (Å²) in [6.07, 6.45) is 3.72. The molecule has 0 aliphatic heterocycles. The van der Waals surface area contributed by atoms with Gasteiger partial charge in [-0.25, -0.2) is 4.98 Å². The third kappa shape index (κ3) is 3.75. The highest BCUT2D eigenvalue weighted by Gasteiger charge is 2.22. The van der Waals surface area contributed by atoms with Crippen LogP contribution in [0.2, 0.25) is 0 Å². The van der Waals surface area contributed by atoms with E-state index in [0.717, 1.165) is 33.7 Å². The van der Waals surface area contributed by atoms with Crippen molar-refractivity contribution < 1.29 is 0 Å². The molecule has 0 radical (unpaired) electrons. The fraction of sp³-hybridized carbons (Fsp3) is 0. The zero-order chi connectivity index (χ0) is 27.2. The number of hydrogen-bond acceptors (Lipinski definition) is 2. The number of para-hydroxylation sites is 2. The molecule has 192 valence electrons. The smallest absolute Gasteiger partial charge is 0.145 e. The van der Waals surface area contributed by atoms with Crippen molar-refractivity contribution in [1.29, 1.82) is 0 Å². The van der Waals surface area contributed by atoms with E-state index in [-0.39, 0.29) is 0 Å². The molecule has 0 unspecified atom stereocenters. The molecule has 8 rings (SSSR count). The molecule has 3 nitrogen and oxygen atoms in total. The summed E-state index contributed by atoms with van der Waals surface area (Å²) in [5, 5.41) is 4.79. The van der Waals surface area contributed by atoms with E-state index in [1.165, 1.54) is 38.2 Å². The Kier molecular flexibility index (Phi) is 5.46. The minimum atomic E-state index is 0.937. The van der Waals surface area contributed by atoms with Crippen LogP contribution in [0.4, 0.5) is 0 Å². The number of benzene rings is 6. The molecule has 0 aliphatic carbocycles. The molecule has 0 amide bonds. The van der Waals surface area contributed by atoms with Crippen molar-refractivity contribution in [3.05, 3.63) is 152 Å². The molecule has 0 N–H and O–H groups in total. The van der Waals surface area contributed by atoms with Crippen molar-refractivity contribution >= 4 is 32.6 Å². The van der Waals surface area contributed by atoms with Crippen LogP contribution in [0.15, 0.2) is 152 Å². The lowest BCUT2D eigenvalue weighted by atomic mass is 9.87. The monoisotopic (exact) mass is 523 g/mol. The second-order valence-corrected chi connectivity index (χ2v) is 10.2. The lowest BCUT2D eigenvalue weighted by molar-refractivity contribution is 1.13. The van der Waals surface area contributed by atoms with E-state index >= 15 is 0 Å². The van der Waals surface area contributed by atoms with Crippen molar-refractivity contribution in [3.63, 3.8) is 0 Å². The first-order valence-corrected chi connectivity index (χ1v) is 13.8. The number of hydrogen-bond donors (Lipinski definition) is 0. The average Bonchev–Trinajstić information content (AvgIpc) is 3.44. The number of rotatable bonds is 4. The predicted octanol–water partition coefficient (Wildman–Crippen LogP) is 9.73. The van der Waals surface area contributed by atoms with Crippen LogP contribution in [-0.2, 0) is 0 Å². The Morgan fingerprint density at radius 3 is 1.71 bits per heavy atom. The minimum absolute atomic E-state index is 0.937. The van der Waals surface area contributed by atoms with Gasteiger partial charge in [-0.15, -0.1) is 0 Å². The molecule has 0 atom stereocenters. The first-order valence-electron chi connectivity index (χ1n) is 13.8. The van der Waals surface area contributed by atoms with Gasteiger partial charge in [-0.05, 0) is 57.3 Å². The second kappa shape index (κ2) is 9.58. The van der Waals surface area contributed by atoms with Crippen molar-refractivity contribution in [2.75, 3.05) is 0 Å². The fourth-order valence-corrected chi connectivity index (χ4v) is 6.15. The maximum Gasteiger partial charge on any atom is 0.145 e. The van der Waals surface area contributed by atoms with Gasteiger partial charge >= 0.3 is 0 Å². The van der Waals surface area contributed by atoms with Gasteiger partial charge in [0.1, 0.15) is 5.82 Å². The highest BCUT2D eigenvalue weighted by molar-refractivity contribution is 6.20. The minimum Gasteiger partial charge on any atom is -0.291 e. The van der Waals surface area contributed by atoms with Gasteiger partial charge in [-0.2, -0.15) is 0 Å². The first-order chi connectivity index (χ1) is 20.4. The molecule has 0 aliphatic rings. The van der Waals surface area contributed by atoms with Gasteiger partial charge in [0.2, 0.25) is 0 Å². The lowest BCUT2D eigenvalue weighted by Crippen LogP contribution is -2.01. The van der Waals surface area contributed by atoms with Crippen molar-refractivity contribution in [2.45, 2.75) is 0 Å². The van der Waals surface area contributed by atoms with E-state index in [0.29, 0.717) is 0 Å². The van der Waals surface area contributed by atoms with E-state index in [1.807, 2.05) is 12.4 Å². The normalized spacial score (nSPS) is 11.4. The molecular weight excluding hydrogens is 498 g/mol. The molecule has 6 aromatic carbocycles. The third-order valence-corrected chi connectivity index (χ3v) is 7.91.